The Morgan fingerprint density at radius 2 is 1.86 bits per heavy atom. The highest BCUT2D eigenvalue weighted by Gasteiger charge is 2.44. The monoisotopic (exact) mass is 703 g/mol. The summed E-state index contributed by atoms with van der Waals surface area (Å²) in [5.74, 6) is -1.33. The van der Waals surface area contributed by atoms with E-state index >= 15 is 0 Å². The number of amides is 6. The number of hydrogen-bond donors (Lipinski definition) is 5. The molecule has 3 aromatic rings. The van der Waals surface area contributed by atoms with E-state index in [4.69, 9.17) is 5.73 Å². The summed E-state index contributed by atoms with van der Waals surface area (Å²) in [6.45, 7) is 5.09. The molecule has 4 aliphatic rings. The number of carbonyl (C=O) groups excluding carboxylic acids is 5. The number of carbonyl (C=O) groups is 5. The lowest BCUT2D eigenvalue weighted by molar-refractivity contribution is -0.139. The number of nitrogens with zero attached hydrogens (tertiary/aromatic N) is 7. The predicted molar refractivity (Wildman–Crippen MR) is 182 cm³/mol. The topological polar surface area (TPSA) is 219 Å². The number of aromatic nitrogens is 3. The molecule has 1 aromatic carbocycles. The van der Waals surface area contributed by atoms with Gasteiger partial charge in [-0.15, -0.1) is 0 Å². The maximum absolute atomic E-state index is 13.3. The number of fused-ring (bicyclic) bond motifs is 1. The zero-order chi connectivity index (χ0) is 35.1. The van der Waals surface area contributed by atoms with Crippen LogP contribution in [0, 0.1) is 6.92 Å². The first-order valence-electron chi connectivity index (χ1n) is 16.5. The van der Waals surface area contributed by atoms with Crippen LogP contribution in [0.3, 0.4) is 0 Å². The molecule has 3 saturated heterocycles. The second-order valence-corrected chi connectivity index (χ2v) is 13.6. The van der Waals surface area contributed by atoms with Gasteiger partial charge in [-0.1, -0.05) is 6.07 Å². The number of rotatable bonds is 7. The number of aryl methyl sites for hydroxylation is 1. The Bertz CT molecular complexity index is 1860. The van der Waals surface area contributed by atoms with Crippen molar-refractivity contribution < 1.29 is 29.1 Å². The van der Waals surface area contributed by atoms with Gasteiger partial charge in [-0.2, -0.15) is 4.37 Å². The van der Waals surface area contributed by atoms with E-state index in [0.29, 0.717) is 61.2 Å². The fourth-order valence-corrected chi connectivity index (χ4v) is 7.55. The van der Waals surface area contributed by atoms with Crippen LogP contribution in [0.5, 0.6) is 0 Å². The molecule has 0 aliphatic carbocycles. The van der Waals surface area contributed by atoms with Crippen molar-refractivity contribution in [1.29, 1.82) is 0 Å². The molecule has 4 aliphatic heterocycles. The third-order valence-electron chi connectivity index (χ3n) is 9.46. The van der Waals surface area contributed by atoms with E-state index in [1.165, 1.54) is 17.7 Å². The normalized spacial score (nSPS) is 22.4. The highest BCUT2D eigenvalue weighted by Crippen LogP contribution is 2.37. The zero-order valence-electron chi connectivity index (χ0n) is 27.3. The minimum absolute atomic E-state index is 0.0269. The SMILES string of the molecule is Cc1cc(Nc2nc(N3CCCC(NC(=O)N4CCN(c5ccc6c(c5)C(=O)N(C5CCC(=O)NC5=O)C6O)CC4)C3)cnc2C(N)=O)sn1. The number of nitrogens with two attached hydrogens (primary N) is 1. The number of piperazine rings is 1. The molecule has 6 N–H and O–H groups in total. The van der Waals surface area contributed by atoms with Gasteiger partial charge in [0, 0.05) is 68.5 Å². The average molecular weight is 704 g/mol. The molecular weight excluding hydrogens is 666 g/mol. The van der Waals surface area contributed by atoms with Crippen LogP contribution < -0.4 is 31.5 Å². The molecule has 3 fully saturated rings. The Hall–Kier alpha value is -5.36. The third-order valence-corrected chi connectivity index (χ3v) is 10.3. The molecule has 3 atom stereocenters. The number of piperidine rings is 2. The molecule has 6 amide bonds. The molecule has 17 nitrogen and oxygen atoms in total. The largest absolute Gasteiger partial charge is 0.369 e. The van der Waals surface area contributed by atoms with Gasteiger partial charge in [-0.3, -0.25) is 29.4 Å². The number of aliphatic hydroxyl groups is 1. The quantitative estimate of drug-likeness (QED) is 0.216. The fourth-order valence-electron chi connectivity index (χ4n) is 6.89. The molecular formula is C32H37N11O6S. The molecule has 3 unspecified atom stereocenters. The van der Waals surface area contributed by atoms with Crippen molar-refractivity contribution in [2.45, 2.75) is 50.9 Å². The van der Waals surface area contributed by atoms with Crippen molar-refractivity contribution in [3.63, 3.8) is 0 Å². The van der Waals surface area contributed by atoms with Crippen molar-refractivity contribution in [3.05, 3.63) is 53.0 Å². The van der Waals surface area contributed by atoms with Gasteiger partial charge in [0.2, 0.25) is 11.8 Å². The minimum Gasteiger partial charge on any atom is -0.369 e. The van der Waals surface area contributed by atoms with Crippen LogP contribution in [0.1, 0.15) is 64.0 Å². The number of nitrogens with one attached hydrogen (secondary N) is 3. The number of aliphatic hydroxyl groups excluding tert-OH is 1. The molecule has 50 heavy (non-hydrogen) atoms. The first kappa shape index (κ1) is 33.2. The summed E-state index contributed by atoms with van der Waals surface area (Å²) in [5.41, 5.74) is 7.92. The number of anilines is 4. The van der Waals surface area contributed by atoms with E-state index in [1.807, 2.05) is 24.0 Å². The number of hydrogen-bond acceptors (Lipinski definition) is 13. The molecule has 0 saturated carbocycles. The Kier molecular flexibility index (Phi) is 8.96. The Morgan fingerprint density at radius 1 is 1.06 bits per heavy atom. The predicted octanol–water partition coefficient (Wildman–Crippen LogP) is 0.837. The number of benzene rings is 1. The fraction of sp³-hybridized carbons (Fsp3) is 0.438. The summed E-state index contributed by atoms with van der Waals surface area (Å²) in [7, 11) is 0. The molecule has 0 radical (unpaired) electrons. The lowest BCUT2D eigenvalue weighted by Crippen LogP contribution is -2.56. The van der Waals surface area contributed by atoms with Crippen molar-refractivity contribution in [3.8, 4) is 0 Å². The van der Waals surface area contributed by atoms with Crippen molar-refractivity contribution in [1.82, 2.24) is 34.8 Å². The molecule has 18 heteroatoms. The zero-order valence-corrected chi connectivity index (χ0v) is 28.1. The van der Waals surface area contributed by atoms with Gasteiger partial charge in [0.15, 0.2) is 17.7 Å². The lowest BCUT2D eigenvalue weighted by Gasteiger charge is -2.38. The van der Waals surface area contributed by atoms with Crippen LogP contribution >= 0.6 is 11.5 Å². The number of imide groups is 1. The minimum atomic E-state index is -1.28. The summed E-state index contributed by atoms with van der Waals surface area (Å²) in [5, 5.41) is 20.1. The van der Waals surface area contributed by atoms with Gasteiger partial charge >= 0.3 is 6.03 Å². The maximum Gasteiger partial charge on any atom is 0.317 e. The van der Waals surface area contributed by atoms with E-state index in [1.54, 1.807) is 17.0 Å². The standard InChI is InChI=1S/C32H37N11O6S/c1-17-13-25(50-39-17)38-28-26(27(33)45)34-15-23(36-28)42-8-2-3-18(16-42)35-32(49)41-11-9-40(10-12-41)19-4-5-20-21(14-19)31(48)43(30(20)47)22-6-7-24(44)37-29(22)46/h4-5,13-15,18,22,30,47H,2-3,6-12,16H2,1H3,(H2,33,45)(H,35,49)(H,36,38)(H,37,44,46). The van der Waals surface area contributed by atoms with Gasteiger partial charge in [-0.05, 0) is 55.9 Å². The summed E-state index contributed by atoms with van der Waals surface area (Å²) in [6, 6.07) is 5.86. The second-order valence-electron chi connectivity index (χ2n) is 12.8. The van der Waals surface area contributed by atoms with E-state index in [0.717, 1.165) is 29.1 Å². The highest BCUT2D eigenvalue weighted by molar-refractivity contribution is 7.10. The Morgan fingerprint density at radius 3 is 2.58 bits per heavy atom. The van der Waals surface area contributed by atoms with Crippen LogP contribution in [0.15, 0.2) is 30.5 Å². The van der Waals surface area contributed by atoms with Gasteiger partial charge in [-0.25, -0.2) is 14.8 Å². The summed E-state index contributed by atoms with van der Waals surface area (Å²) < 4.78 is 4.25. The molecule has 2 aromatic heterocycles. The van der Waals surface area contributed by atoms with Crippen molar-refractivity contribution in [2.24, 2.45) is 5.73 Å². The smallest absolute Gasteiger partial charge is 0.317 e. The average Bonchev–Trinajstić information content (AvgIpc) is 3.63. The summed E-state index contributed by atoms with van der Waals surface area (Å²) >= 11 is 1.24. The molecule has 6 heterocycles. The number of primary amides is 1. The molecule has 262 valence electrons. The highest BCUT2D eigenvalue weighted by atomic mass is 32.1. The third kappa shape index (κ3) is 6.50. The van der Waals surface area contributed by atoms with Crippen molar-refractivity contribution in [2.75, 3.05) is 54.4 Å². The van der Waals surface area contributed by atoms with Crippen LogP contribution in [0.2, 0.25) is 0 Å². The molecule has 7 rings (SSSR count). The van der Waals surface area contributed by atoms with E-state index in [9.17, 15) is 29.1 Å². The van der Waals surface area contributed by atoms with Gasteiger partial charge in [0.05, 0.1) is 11.9 Å². The molecule has 0 spiro atoms. The Balaban J connectivity index is 0.949. The lowest BCUT2D eigenvalue weighted by atomic mass is 10.0. The van der Waals surface area contributed by atoms with Crippen LogP contribution in [-0.4, -0.2) is 110 Å². The van der Waals surface area contributed by atoms with Crippen LogP contribution in [-0.2, 0) is 9.59 Å². The van der Waals surface area contributed by atoms with E-state index < -0.39 is 35.9 Å². The first-order chi connectivity index (χ1) is 24.0. The van der Waals surface area contributed by atoms with Gasteiger partial charge in [0.25, 0.3) is 11.8 Å². The van der Waals surface area contributed by atoms with Crippen molar-refractivity contribution >= 4 is 63.5 Å². The Labute approximate surface area is 291 Å². The summed E-state index contributed by atoms with van der Waals surface area (Å²) in [6.07, 6.45) is 2.11. The maximum atomic E-state index is 13.3. The van der Waals surface area contributed by atoms with E-state index in [2.05, 4.69) is 35.2 Å². The van der Waals surface area contributed by atoms with Crippen LogP contribution in [0.25, 0.3) is 0 Å². The number of urea groups is 1. The summed E-state index contributed by atoms with van der Waals surface area (Å²) in [4.78, 5) is 78.7. The van der Waals surface area contributed by atoms with Crippen LogP contribution in [0.4, 0.5) is 27.1 Å². The second kappa shape index (κ2) is 13.5. The first-order valence-corrected chi connectivity index (χ1v) is 17.2. The van der Waals surface area contributed by atoms with E-state index in [-0.39, 0.29) is 36.4 Å². The van der Waals surface area contributed by atoms with Gasteiger partial charge in [0.1, 0.15) is 16.9 Å². The molecule has 0 bridgehead atoms. The van der Waals surface area contributed by atoms with Gasteiger partial charge < -0.3 is 36.2 Å².